The van der Waals surface area contributed by atoms with E-state index in [1.54, 1.807) is 13.2 Å². The van der Waals surface area contributed by atoms with Crippen LogP contribution in [0.3, 0.4) is 0 Å². The first-order valence-corrected chi connectivity index (χ1v) is 5.57. The summed E-state index contributed by atoms with van der Waals surface area (Å²) in [5, 5.41) is 6.20. The summed E-state index contributed by atoms with van der Waals surface area (Å²) in [4.78, 5) is 3.94. The third-order valence-electron chi connectivity index (χ3n) is 2.05. The second kappa shape index (κ2) is 8.60. The Morgan fingerprint density at radius 1 is 1.28 bits per heavy atom. The maximum atomic E-state index is 11.9. The highest BCUT2D eigenvalue weighted by atomic mass is 19.3. The van der Waals surface area contributed by atoms with Crippen molar-refractivity contribution in [3.8, 4) is 5.75 Å². The number of hydrogen-bond donors (Lipinski definition) is 2. The molecule has 18 heavy (non-hydrogen) atoms. The van der Waals surface area contributed by atoms with Gasteiger partial charge in [-0.15, -0.1) is 0 Å². The summed E-state index contributed by atoms with van der Waals surface area (Å²) in [7, 11) is 1.65. The van der Waals surface area contributed by atoms with Crippen LogP contribution in [0.5, 0.6) is 5.75 Å². The topological polar surface area (TPSA) is 55.4 Å². The first-order chi connectivity index (χ1) is 8.72. The first kappa shape index (κ1) is 14.6. The zero-order chi connectivity index (χ0) is 13.2. The van der Waals surface area contributed by atoms with Gasteiger partial charge in [0, 0.05) is 26.7 Å². The maximum Gasteiger partial charge on any atom is 0.387 e. The molecule has 7 heteroatoms. The van der Waals surface area contributed by atoms with E-state index in [0.29, 0.717) is 19.0 Å². The molecule has 0 spiro atoms. The van der Waals surface area contributed by atoms with Crippen molar-refractivity contribution < 1.29 is 18.3 Å². The highest BCUT2D eigenvalue weighted by Gasteiger charge is 2.03. The van der Waals surface area contributed by atoms with Crippen molar-refractivity contribution in [1.29, 1.82) is 0 Å². The number of ether oxygens (including phenoxy) is 2. The molecule has 0 fully saturated rings. The highest BCUT2D eigenvalue weighted by Crippen LogP contribution is 2.14. The van der Waals surface area contributed by atoms with E-state index in [1.807, 2.05) is 0 Å². The van der Waals surface area contributed by atoms with Crippen LogP contribution in [-0.2, 0) is 4.74 Å². The van der Waals surface area contributed by atoms with Gasteiger partial charge in [0.2, 0.25) is 0 Å². The van der Waals surface area contributed by atoms with Crippen LogP contribution in [0.1, 0.15) is 0 Å². The van der Waals surface area contributed by atoms with E-state index in [-0.39, 0.29) is 5.75 Å². The molecule has 0 saturated carbocycles. The van der Waals surface area contributed by atoms with Gasteiger partial charge in [-0.1, -0.05) is 0 Å². The van der Waals surface area contributed by atoms with Crippen molar-refractivity contribution in [2.24, 2.45) is 0 Å². The van der Waals surface area contributed by atoms with Gasteiger partial charge in [-0.25, -0.2) is 4.98 Å². The van der Waals surface area contributed by atoms with E-state index in [2.05, 4.69) is 20.4 Å². The number of alkyl halides is 2. The Bertz CT molecular complexity index is 323. The number of pyridine rings is 1. The van der Waals surface area contributed by atoms with Gasteiger partial charge >= 0.3 is 6.61 Å². The molecule has 0 aliphatic carbocycles. The Morgan fingerprint density at radius 2 is 2.11 bits per heavy atom. The third kappa shape index (κ3) is 6.31. The van der Waals surface area contributed by atoms with E-state index < -0.39 is 6.61 Å². The van der Waals surface area contributed by atoms with Crippen molar-refractivity contribution in [1.82, 2.24) is 10.3 Å². The quantitative estimate of drug-likeness (QED) is 0.657. The largest absolute Gasteiger partial charge is 0.433 e. The minimum atomic E-state index is -2.82. The molecule has 2 N–H and O–H groups in total. The lowest BCUT2D eigenvalue weighted by Crippen LogP contribution is -2.25. The molecule has 1 heterocycles. The van der Waals surface area contributed by atoms with Gasteiger partial charge in [-0.3, -0.25) is 0 Å². The summed E-state index contributed by atoms with van der Waals surface area (Å²) in [6, 6.07) is 3.03. The zero-order valence-corrected chi connectivity index (χ0v) is 10.2. The minimum Gasteiger partial charge on any atom is -0.433 e. The van der Waals surface area contributed by atoms with Crippen molar-refractivity contribution >= 4 is 5.82 Å². The predicted octanol–water partition coefficient (Wildman–Crippen LogP) is 1.33. The second-order valence-electron chi connectivity index (χ2n) is 3.43. The van der Waals surface area contributed by atoms with Gasteiger partial charge in [0.25, 0.3) is 0 Å². The monoisotopic (exact) mass is 261 g/mol. The minimum absolute atomic E-state index is 0.0498. The Morgan fingerprint density at radius 3 is 2.72 bits per heavy atom. The van der Waals surface area contributed by atoms with Crippen molar-refractivity contribution in [2.75, 3.05) is 38.7 Å². The smallest absolute Gasteiger partial charge is 0.387 e. The van der Waals surface area contributed by atoms with Crippen molar-refractivity contribution in [3.63, 3.8) is 0 Å². The lowest BCUT2D eigenvalue weighted by molar-refractivity contribution is -0.0500. The Kier molecular flexibility index (Phi) is 6.97. The average molecular weight is 261 g/mol. The number of nitrogens with zero attached hydrogens (tertiary/aromatic N) is 1. The van der Waals surface area contributed by atoms with Crippen LogP contribution in [0.15, 0.2) is 18.3 Å². The molecule has 102 valence electrons. The number of aromatic nitrogens is 1. The molecule has 1 aromatic rings. The molecule has 0 bridgehead atoms. The van der Waals surface area contributed by atoms with Gasteiger partial charge in [-0.05, 0) is 12.1 Å². The Hall–Kier alpha value is -1.47. The number of nitrogens with one attached hydrogen (secondary N) is 2. The van der Waals surface area contributed by atoms with Crippen LogP contribution in [0.2, 0.25) is 0 Å². The van der Waals surface area contributed by atoms with E-state index in [0.717, 1.165) is 13.1 Å². The molecule has 0 atom stereocenters. The number of hydrogen-bond acceptors (Lipinski definition) is 5. The Labute approximate surface area is 104 Å². The molecular weight excluding hydrogens is 244 g/mol. The molecule has 0 aliphatic heterocycles. The molecule has 0 aromatic carbocycles. The molecule has 0 saturated heterocycles. The van der Waals surface area contributed by atoms with Gasteiger partial charge in [0.05, 0.1) is 12.8 Å². The standard InChI is InChI=1S/C11H17F2N3O2/c1-17-7-6-14-4-5-15-10-3-2-9(8-16-10)18-11(12)13/h2-3,8,11,14H,4-7H2,1H3,(H,15,16). The fourth-order valence-electron chi connectivity index (χ4n) is 1.24. The molecule has 1 rings (SSSR count). The molecule has 5 nitrogen and oxygen atoms in total. The summed E-state index contributed by atoms with van der Waals surface area (Å²) in [5.74, 6) is 0.666. The molecular formula is C11H17F2N3O2. The molecule has 0 amide bonds. The number of rotatable bonds is 9. The molecule has 0 unspecified atom stereocenters. The van der Waals surface area contributed by atoms with Gasteiger partial charge in [0.1, 0.15) is 11.6 Å². The molecule has 1 aromatic heterocycles. The fraction of sp³-hybridized carbons (Fsp3) is 0.545. The van der Waals surface area contributed by atoms with E-state index in [4.69, 9.17) is 4.74 Å². The normalized spacial score (nSPS) is 10.7. The summed E-state index contributed by atoms with van der Waals surface area (Å²) < 4.78 is 32.8. The summed E-state index contributed by atoms with van der Waals surface area (Å²) >= 11 is 0. The molecule has 0 aliphatic rings. The fourth-order valence-corrected chi connectivity index (χ4v) is 1.24. The van der Waals surface area contributed by atoms with Crippen LogP contribution >= 0.6 is 0 Å². The number of halogens is 2. The van der Waals surface area contributed by atoms with Crippen molar-refractivity contribution in [3.05, 3.63) is 18.3 Å². The van der Waals surface area contributed by atoms with Crippen LogP contribution in [-0.4, -0.2) is 44.9 Å². The summed E-state index contributed by atoms with van der Waals surface area (Å²) in [5.41, 5.74) is 0. The van der Waals surface area contributed by atoms with E-state index in [9.17, 15) is 8.78 Å². The van der Waals surface area contributed by atoms with Crippen LogP contribution in [0.25, 0.3) is 0 Å². The van der Waals surface area contributed by atoms with E-state index >= 15 is 0 Å². The third-order valence-corrected chi connectivity index (χ3v) is 2.05. The van der Waals surface area contributed by atoms with Crippen LogP contribution in [0.4, 0.5) is 14.6 Å². The first-order valence-electron chi connectivity index (χ1n) is 5.57. The lowest BCUT2D eigenvalue weighted by atomic mass is 10.4. The molecule has 0 radical (unpaired) electrons. The highest BCUT2D eigenvalue weighted by molar-refractivity contribution is 5.37. The van der Waals surface area contributed by atoms with Gasteiger partial charge in [0.15, 0.2) is 0 Å². The average Bonchev–Trinajstić information content (AvgIpc) is 2.35. The lowest BCUT2D eigenvalue weighted by Gasteiger charge is -2.08. The van der Waals surface area contributed by atoms with Gasteiger partial charge in [-0.2, -0.15) is 8.78 Å². The number of methoxy groups -OCH3 is 1. The SMILES string of the molecule is COCCNCCNc1ccc(OC(F)F)cn1. The summed E-state index contributed by atoms with van der Waals surface area (Å²) in [6.07, 6.45) is 1.26. The second-order valence-corrected chi connectivity index (χ2v) is 3.43. The van der Waals surface area contributed by atoms with Crippen LogP contribution < -0.4 is 15.4 Å². The predicted molar refractivity (Wildman–Crippen MR) is 64.1 cm³/mol. The summed E-state index contributed by atoms with van der Waals surface area (Å²) in [6.45, 7) is 0.0761. The zero-order valence-electron chi connectivity index (χ0n) is 10.2. The van der Waals surface area contributed by atoms with Crippen LogP contribution in [0, 0.1) is 0 Å². The Balaban J connectivity index is 2.18. The van der Waals surface area contributed by atoms with Crippen molar-refractivity contribution in [2.45, 2.75) is 6.61 Å². The maximum absolute atomic E-state index is 11.9. The van der Waals surface area contributed by atoms with Gasteiger partial charge < -0.3 is 20.1 Å². The van der Waals surface area contributed by atoms with E-state index in [1.165, 1.54) is 12.3 Å². The number of anilines is 1.